The molecule has 0 radical (unpaired) electrons. The molecule has 194 valence electrons. The number of amides is 1. The summed E-state index contributed by atoms with van der Waals surface area (Å²) in [6, 6.07) is 7.10. The Morgan fingerprint density at radius 3 is 2.08 bits per heavy atom. The van der Waals surface area contributed by atoms with Crippen molar-refractivity contribution in [2.75, 3.05) is 55.6 Å². The van der Waals surface area contributed by atoms with Gasteiger partial charge < -0.3 is 33.9 Å². The van der Waals surface area contributed by atoms with Crippen molar-refractivity contribution in [1.82, 2.24) is 9.80 Å². The number of halogens is 1. The number of methoxy groups -OCH3 is 4. The van der Waals surface area contributed by atoms with Crippen LogP contribution < -0.4 is 18.9 Å². The van der Waals surface area contributed by atoms with Crippen LogP contribution in [0.3, 0.4) is 0 Å². The SMILES string of the molecule is COc1ccc(C(O)=C2C(=O)C(=O)N(CCCN(C)C)[C@@H]2c2cc(OC)c(OC)c(OC)c2)cc1Cl. The fourth-order valence-corrected chi connectivity index (χ4v) is 4.50. The van der Waals surface area contributed by atoms with Gasteiger partial charge in [-0.15, -0.1) is 0 Å². The molecule has 0 spiro atoms. The zero-order valence-electron chi connectivity index (χ0n) is 21.3. The number of aliphatic hydroxyl groups excluding tert-OH is 1. The lowest BCUT2D eigenvalue weighted by atomic mass is 9.94. The van der Waals surface area contributed by atoms with Crippen LogP contribution in [0.2, 0.25) is 5.02 Å². The van der Waals surface area contributed by atoms with Crippen LogP contribution in [0.15, 0.2) is 35.9 Å². The Balaban J connectivity index is 2.23. The number of Topliss-reactive ketones (excluding diaryl/α,β-unsaturated/α-hetero) is 1. The van der Waals surface area contributed by atoms with Gasteiger partial charge in [-0.2, -0.15) is 0 Å². The fourth-order valence-electron chi connectivity index (χ4n) is 4.24. The van der Waals surface area contributed by atoms with Crippen molar-refractivity contribution in [3.05, 3.63) is 52.1 Å². The number of hydrogen-bond donors (Lipinski definition) is 1. The van der Waals surface area contributed by atoms with Crippen molar-refractivity contribution in [3.63, 3.8) is 0 Å². The molecule has 0 unspecified atom stereocenters. The smallest absolute Gasteiger partial charge is 0.295 e. The molecule has 1 N–H and O–H groups in total. The van der Waals surface area contributed by atoms with E-state index < -0.39 is 17.7 Å². The van der Waals surface area contributed by atoms with Gasteiger partial charge in [-0.3, -0.25) is 9.59 Å². The van der Waals surface area contributed by atoms with E-state index in [0.29, 0.717) is 48.1 Å². The first-order chi connectivity index (χ1) is 17.2. The molecule has 0 aliphatic carbocycles. The standard InChI is InChI=1S/C26H31ClN2O7/c1-28(2)10-7-11-29-22(16-13-19(34-4)25(36-6)20(14-16)35-5)21(24(31)26(29)32)23(30)15-8-9-18(33-3)17(27)12-15/h8-9,12-14,22,30H,7,10-11H2,1-6H3/t22-/m1/s1. The quantitative estimate of drug-likeness (QED) is 0.288. The summed E-state index contributed by atoms with van der Waals surface area (Å²) < 4.78 is 21.6. The molecule has 1 aliphatic rings. The van der Waals surface area contributed by atoms with Crippen LogP contribution in [0.1, 0.15) is 23.6 Å². The number of carbonyl (C=O) groups excluding carboxylic acids is 2. The Morgan fingerprint density at radius 1 is 0.972 bits per heavy atom. The maximum Gasteiger partial charge on any atom is 0.295 e. The zero-order valence-corrected chi connectivity index (χ0v) is 22.0. The van der Waals surface area contributed by atoms with E-state index in [1.807, 2.05) is 19.0 Å². The Labute approximate surface area is 215 Å². The summed E-state index contributed by atoms with van der Waals surface area (Å²) in [7, 11) is 9.78. The van der Waals surface area contributed by atoms with E-state index in [9.17, 15) is 14.7 Å². The molecule has 36 heavy (non-hydrogen) atoms. The van der Waals surface area contributed by atoms with Gasteiger partial charge >= 0.3 is 0 Å². The summed E-state index contributed by atoms with van der Waals surface area (Å²) in [5.74, 6) is -0.325. The number of benzene rings is 2. The van der Waals surface area contributed by atoms with Crippen LogP contribution in [-0.4, -0.2) is 82.2 Å². The number of ether oxygens (including phenoxy) is 4. The van der Waals surface area contributed by atoms with Gasteiger partial charge in [-0.1, -0.05) is 11.6 Å². The number of carbonyl (C=O) groups is 2. The number of rotatable bonds is 10. The molecule has 1 fully saturated rings. The van der Waals surface area contributed by atoms with E-state index in [1.54, 1.807) is 24.3 Å². The van der Waals surface area contributed by atoms with Crippen LogP contribution in [-0.2, 0) is 9.59 Å². The van der Waals surface area contributed by atoms with Crippen LogP contribution in [0.5, 0.6) is 23.0 Å². The highest BCUT2D eigenvalue weighted by molar-refractivity contribution is 6.46. The minimum atomic E-state index is -0.887. The summed E-state index contributed by atoms with van der Waals surface area (Å²) in [6.07, 6.45) is 0.620. The van der Waals surface area contributed by atoms with Gasteiger partial charge in [-0.25, -0.2) is 0 Å². The van der Waals surface area contributed by atoms with Gasteiger partial charge in [0.1, 0.15) is 11.5 Å². The van der Waals surface area contributed by atoms with E-state index >= 15 is 0 Å². The largest absolute Gasteiger partial charge is 0.507 e. The normalized spacial score (nSPS) is 17.0. The van der Waals surface area contributed by atoms with Crippen molar-refractivity contribution in [2.24, 2.45) is 0 Å². The lowest BCUT2D eigenvalue weighted by Crippen LogP contribution is -2.32. The van der Waals surface area contributed by atoms with E-state index in [2.05, 4.69) is 0 Å². The highest BCUT2D eigenvalue weighted by Gasteiger charge is 2.46. The average Bonchev–Trinajstić information content (AvgIpc) is 3.12. The number of hydrogen-bond acceptors (Lipinski definition) is 8. The predicted molar refractivity (Wildman–Crippen MR) is 136 cm³/mol. The van der Waals surface area contributed by atoms with E-state index in [1.165, 1.54) is 39.4 Å². The molecule has 1 heterocycles. The second-order valence-electron chi connectivity index (χ2n) is 8.46. The van der Waals surface area contributed by atoms with Gasteiger partial charge in [-0.05, 0) is 63.0 Å². The maximum atomic E-state index is 13.3. The Kier molecular flexibility index (Phi) is 8.70. The summed E-state index contributed by atoms with van der Waals surface area (Å²) >= 11 is 6.27. The van der Waals surface area contributed by atoms with Crippen LogP contribution >= 0.6 is 11.6 Å². The molecule has 2 aromatic rings. The van der Waals surface area contributed by atoms with Crippen molar-refractivity contribution in [1.29, 1.82) is 0 Å². The number of ketones is 1. The van der Waals surface area contributed by atoms with Crippen molar-refractivity contribution < 1.29 is 33.6 Å². The van der Waals surface area contributed by atoms with Gasteiger partial charge in [0.2, 0.25) is 5.75 Å². The second kappa shape index (κ2) is 11.5. The average molecular weight is 519 g/mol. The number of nitrogens with zero attached hydrogens (tertiary/aromatic N) is 2. The topological polar surface area (TPSA) is 97.8 Å². The molecule has 10 heteroatoms. The third kappa shape index (κ3) is 5.22. The summed E-state index contributed by atoms with van der Waals surface area (Å²) in [5, 5.41) is 11.6. The molecule has 1 amide bonds. The Hall–Kier alpha value is -3.43. The first-order valence-electron chi connectivity index (χ1n) is 11.2. The lowest BCUT2D eigenvalue weighted by Gasteiger charge is -2.27. The van der Waals surface area contributed by atoms with Gasteiger partial charge in [0.25, 0.3) is 11.7 Å². The minimum absolute atomic E-state index is 0.0552. The molecule has 1 aliphatic heterocycles. The third-order valence-corrected chi connectivity index (χ3v) is 6.27. The zero-order chi connectivity index (χ0) is 26.6. The van der Waals surface area contributed by atoms with Crippen LogP contribution in [0.4, 0.5) is 0 Å². The van der Waals surface area contributed by atoms with Crippen molar-refractivity contribution in [3.8, 4) is 23.0 Å². The molecule has 0 aromatic heterocycles. The van der Waals surface area contributed by atoms with Crippen LogP contribution in [0.25, 0.3) is 5.76 Å². The minimum Gasteiger partial charge on any atom is -0.507 e. The Bertz CT molecular complexity index is 1150. The summed E-state index contributed by atoms with van der Waals surface area (Å²) in [4.78, 5) is 29.9. The molecule has 1 saturated heterocycles. The van der Waals surface area contributed by atoms with E-state index in [-0.39, 0.29) is 21.9 Å². The van der Waals surface area contributed by atoms with E-state index in [4.69, 9.17) is 30.5 Å². The van der Waals surface area contributed by atoms with Gasteiger partial charge in [0.15, 0.2) is 11.5 Å². The third-order valence-electron chi connectivity index (χ3n) is 5.97. The fraction of sp³-hybridized carbons (Fsp3) is 0.385. The Morgan fingerprint density at radius 2 is 1.58 bits per heavy atom. The van der Waals surface area contributed by atoms with Crippen molar-refractivity contribution in [2.45, 2.75) is 12.5 Å². The highest BCUT2D eigenvalue weighted by atomic mass is 35.5. The molecule has 0 saturated carbocycles. The first-order valence-corrected chi connectivity index (χ1v) is 11.6. The number of aliphatic hydroxyl groups is 1. The summed E-state index contributed by atoms with van der Waals surface area (Å²) in [5.41, 5.74) is 0.750. The molecule has 1 atom stereocenters. The molecular weight excluding hydrogens is 488 g/mol. The number of likely N-dealkylation sites (tertiary alicyclic amines) is 1. The van der Waals surface area contributed by atoms with Crippen LogP contribution in [0, 0.1) is 0 Å². The summed E-state index contributed by atoms with van der Waals surface area (Å²) in [6.45, 7) is 1.00. The predicted octanol–water partition coefficient (Wildman–Crippen LogP) is 3.75. The molecule has 3 rings (SSSR count). The van der Waals surface area contributed by atoms with Crippen molar-refractivity contribution >= 4 is 29.1 Å². The van der Waals surface area contributed by atoms with Gasteiger partial charge in [0, 0.05) is 12.1 Å². The lowest BCUT2D eigenvalue weighted by molar-refractivity contribution is -0.139. The molecule has 9 nitrogen and oxygen atoms in total. The van der Waals surface area contributed by atoms with Gasteiger partial charge in [0.05, 0.1) is 45.1 Å². The monoisotopic (exact) mass is 518 g/mol. The molecule has 2 aromatic carbocycles. The molecule has 0 bridgehead atoms. The molecular formula is C26H31ClN2O7. The highest BCUT2D eigenvalue weighted by Crippen LogP contribution is 2.46. The maximum absolute atomic E-state index is 13.3. The second-order valence-corrected chi connectivity index (χ2v) is 8.86. The first kappa shape index (κ1) is 27.2. The van der Waals surface area contributed by atoms with E-state index in [0.717, 1.165) is 0 Å².